The molecule has 3 rings (SSSR count). The van der Waals surface area contributed by atoms with E-state index in [0.29, 0.717) is 28.3 Å². The molecule has 0 atom stereocenters. The zero-order valence-electron chi connectivity index (χ0n) is 17.0. The van der Waals surface area contributed by atoms with Gasteiger partial charge >= 0.3 is 5.63 Å². The van der Waals surface area contributed by atoms with Crippen molar-refractivity contribution in [3.05, 3.63) is 92.0 Å². The quantitative estimate of drug-likeness (QED) is 0.247. The van der Waals surface area contributed by atoms with Crippen LogP contribution in [0.3, 0.4) is 0 Å². The highest BCUT2D eigenvalue weighted by atomic mass is 35.5. The number of ether oxygens (including phenoxy) is 1. The molecule has 0 saturated heterocycles. The molecule has 0 fully saturated rings. The molecule has 0 amide bonds. The maximum absolute atomic E-state index is 12.7. The third-order valence-corrected chi connectivity index (χ3v) is 5.32. The Morgan fingerprint density at radius 1 is 1.28 bits per heavy atom. The lowest BCUT2D eigenvalue weighted by Crippen LogP contribution is -2.11. The van der Waals surface area contributed by atoms with Crippen molar-refractivity contribution in [2.24, 2.45) is 0 Å². The molecule has 0 radical (unpaired) electrons. The van der Waals surface area contributed by atoms with E-state index in [1.165, 1.54) is 0 Å². The minimum atomic E-state index is -0.351. The fraction of sp³-hybridized carbons (Fsp3) is 0.208. The highest BCUT2D eigenvalue weighted by molar-refractivity contribution is 6.33. The second-order valence-corrected chi connectivity index (χ2v) is 7.35. The monoisotopic (exact) mass is 409 g/mol. The molecule has 0 bridgehead atoms. The Morgan fingerprint density at radius 3 is 2.69 bits per heavy atom. The van der Waals surface area contributed by atoms with Gasteiger partial charge < -0.3 is 14.9 Å². The first-order chi connectivity index (χ1) is 13.8. The van der Waals surface area contributed by atoms with Crippen LogP contribution >= 0.6 is 11.6 Å². The minimum Gasteiger partial charge on any atom is -0.501 e. The number of nitrogens with two attached hydrogens (primary N) is 1. The van der Waals surface area contributed by atoms with Crippen molar-refractivity contribution in [3.63, 3.8) is 0 Å². The SMILES string of the molecule is C/C=C(\C=C(/C)OC)c1cc2oc(=O)c(Cc3cccc(N)c3)c(C)c2cc1Cl. The Labute approximate surface area is 175 Å². The molecule has 150 valence electrons. The van der Waals surface area contributed by atoms with Gasteiger partial charge in [-0.2, -0.15) is 0 Å². The van der Waals surface area contributed by atoms with Crippen molar-refractivity contribution in [1.82, 2.24) is 0 Å². The first-order valence-corrected chi connectivity index (χ1v) is 9.71. The number of rotatable bonds is 5. The van der Waals surface area contributed by atoms with E-state index in [9.17, 15) is 4.79 Å². The lowest BCUT2D eigenvalue weighted by molar-refractivity contribution is 0.294. The summed E-state index contributed by atoms with van der Waals surface area (Å²) < 4.78 is 10.9. The summed E-state index contributed by atoms with van der Waals surface area (Å²) >= 11 is 6.60. The summed E-state index contributed by atoms with van der Waals surface area (Å²) in [6, 6.07) is 11.2. The van der Waals surface area contributed by atoms with Crippen molar-refractivity contribution in [2.45, 2.75) is 27.2 Å². The lowest BCUT2D eigenvalue weighted by Gasteiger charge is -2.12. The largest absolute Gasteiger partial charge is 0.501 e. The topological polar surface area (TPSA) is 65.5 Å². The summed E-state index contributed by atoms with van der Waals surface area (Å²) in [5, 5.41) is 1.40. The molecule has 0 aliphatic carbocycles. The van der Waals surface area contributed by atoms with Crippen LogP contribution in [-0.4, -0.2) is 7.11 Å². The fourth-order valence-electron chi connectivity index (χ4n) is 3.34. The standard InChI is InChI=1S/C24H24ClNO3/c1-5-17(9-14(2)28-4)21-13-23-19(12-22(21)25)15(3)20(24(27)29-23)11-16-7-6-8-18(26)10-16/h5-10,12-13H,11,26H2,1-4H3/b14-9+,17-5+. The summed E-state index contributed by atoms with van der Waals surface area (Å²) in [7, 11) is 1.62. The first-order valence-electron chi connectivity index (χ1n) is 9.33. The van der Waals surface area contributed by atoms with E-state index in [0.717, 1.165) is 33.4 Å². The van der Waals surface area contributed by atoms with E-state index in [-0.39, 0.29) is 5.63 Å². The number of fused-ring (bicyclic) bond motifs is 1. The van der Waals surface area contributed by atoms with E-state index in [1.807, 2.05) is 69.3 Å². The van der Waals surface area contributed by atoms with Gasteiger partial charge in [0, 0.05) is 33.6 Å². The van der Waals surface area contributed by atoms with Crippen molar-refractivity contribution in [3.8, 4) is 0 Å². The summed E-state index contributed by atoms with van der Waals surface area (Å²) in [5.41, 5.74) is 10.8. The van der Waals surface area contributed by atoms with Crippen molar-refractivity contribution < 1.29 is 9.15 Å². The van der Waals surface area contributed by atoms with Gasteiger partial charge in [0.05, 0.1) is 12.9 Å². The Balaban J connectivity index is 2.13. The Morgan fingerprint density at radius 2 is 2.03 bits per heavy atom. The molecule has 0 spiro atoms. The summed E-state index contributed by atoms with van der Waals surface area (Å²) in [6.45, 7) is 5.71. The molecule has 0 saturated carbocycles. The van der Waals surface area contributed by atoms with Crippen molar-refractivity contribution >= 4 is 33.8 Å². The highest BCUT2D eigenvalue weighted by Gasteiger charge is 2.15. The fourth-order valence-corrected chi connectivity index (χ4v) is 3.61. The lowest BCUT2D eigenvalue weighted by atomic mass is 9.97. The molecule has 5 heteroatoms. The maximum atomic E-state index is 12.7. The predicted molar refractivity (Wildman–Crippen MR) is 120 cm³/mol. The highest BCUT2D eigenvalue weighted by Crippen LogP contribution is 2.32. The second kappa shape index (κ2) is 8.58. The molecule has 4 nitrogen and oxygen atoms in total. The van der Waals surface area contributed by atoms with Gasteiger partial charge in [-0.15, -0.1) is 0 Å². The molecular formula is C24H24ClNO3. The Hall–Kier alpha value is -2.98. The molecule has 3 aromatic rings. The average molecular weight is 410 g/mol. The molecule has 1 aromatic heterocycles. The number of aryl methyl sites for hydroxylation is 1. The van der Waals surface area contributed by atoms with E-state index < -0.39 is 0 Å². The number of nitrogen functional groups attached to an aromatic ring is 1. The normalized spacial score (nSPS) is 12.4. The number of allylic oxidation sites excluding steroid dienone is 4. The molecule has 0 aliphatic rings. The van der Waals surface area contributed by atoms with Crippen molar-refractivity contribution in [1.29, 1.82) is 0 Å². The minimum absolute atomic E-state index is 0.351. The van der Waals surface area contributed by atoms with Crippen LogP contribution in [0.2, 0.25) is 5.02 Å². The van der Waals surface area contributed by atoms with Crippen LogP contribution in [0, 0.1) is 6.92 Å². The van der Waals surface area contributed by atoms with Crippen LogP contribution < -0.4 is 11.4 Å². The third-order valence-electron chi connectivity index (χ3n) is 5.01. The second-order valence-electron chi connectivity index (χ2n) is 6.95. The average Bonchev–Trinajstić information content (AvgIpc) is 2.69. The van der Waals surface area contributed by atoms with Gasteiger partial charge in [0.2, 0.25) is 0 Å². The van der Waals surface area contributed by atoms with Gasteiger partial charge in [-0.1, -0.05) is 29.8 Å². The number of hydrogen-bond donors (Lipinski definition) is 1. The van der Waals surface area contributed by atoms with Crippen molar-refractivity contribution in [2.75, 3.05) is 12.8 Å². The molecule has 29 heavy (non-hydrogen) atoms. The van der Waals surface area contributed by atoms with Crippen LogP contribution in [0.5, 0.6) is 0 Å². The Bertz CT molecular complexity index is 1190. The van der Waals surface area contributed by atoms with Crippen LogP contribution in [0.25, 0.3) is 16.5 Å². The number of hydrogen-bond acceptors (Lipinski definition) is 4. The number of anilines is 1. The number of methoxy groups -OCH3 is 1. The van der Waals surface area contributed by atoms with Crippen LogP contribution in [0.15, 0.2) is 63.5 Å². The van der Waals surface area contributed by atoms with E-state index in [1.54, 1.807) is 7.11 Å². The van der Waals surface area contributed by atoms with Gasteiger partial charge in [0.15, 0.2) is 0 Å². The molecule has 0 aliphatic heterocycles. The predicted octanol–water partition coefficient (Wildman–Crippen LogP) is 5.88. The zero-order chi connectivity index (χ0) is 21.1. The molecular weight excluding hydrogens is 386 g/mol. The van der Waals surface area contributed by atoms with E-state index in [2.05, 4.69) is 0 Å². The van der Waals surface area contributed by atoms with Crippen LogP contribution in [-0.2, 0) is 11.2 Å². The summed E-state index contributed by atoms with van der Waals surface area (Å²) in [4.78, 5) is 12.7. The third kappa shape index (κ3) is 4.38. The van der Waals surface area contributed by atoms with Gasteiger partial charge in [0.1, 0.15) is 5.58 Å². The number of halogens is 1. The molecule has 1 heterocycles. The summed E-state index contributed by atoms with van der Waals surface area (Å²) in [5.74, 6) is 0.754. The van der Waals surface area contributed by atoms with E-state index in [4.69, 9.17) is 26.5 Å². The van der Waals surface area contributed by atoms with E-state index >= 15 is 0 Å². The van der Waals surface area contributed by atoms with Gasteiger partial charge in [0.25, 0.3) is 0 Å². The van der Waals surface area contributed by atoms with Gasteiger partial charge in [-0.25, -0.2) is 4.79 Å². The Kier molecular flexibility index (Phi) is 6.14. The zero-order valence-corrected chi connectivity index (χ0v) is 17.8. The molecule has 2 N–H and O–H groups in total. The molecule has 0 unspecified atom stereocenters. The van der Waals surface area contributed by atoms with Gasteiger partial charge in [-0.05, 0) is 67.8 Å². The first kappa shape index (κ1) is 20.7. The smallest absolute Gasteiger partial charge is 0.340 e. The maximum Gasteiger partial charge on any atom is 0.340 e. The molecule has 2 aromatic carbocycles. The number of benzene rings is 2. The summed E-state index contributed by atoms with van der Waals surface area (Å²) in [6.07, 6.45) is 4.28. The van der Waals surface area contributed by atoms with Crippen LogP contribution in [0.1, 0.15) is 36.1 Å². The van der Waals surface area contributed by atoms with Crippen LogP contribution in [0.4, 0.5) is 5.69 Å². The van der Waals surface area contributed by atoms with Gasteiger partial charge in [-0.3, -0.25) is 0 Å².